The van der Waals surface area contributed by atoms with Gasteiger partial charge in [-0.3, -0.25) is 4.79 Å². The molecule has 0 heterocycles. The molecule has 0 aliphatic carbocycles. The van der Waals surface area contributed by atoms with E-state index in [1.807, 2.05) is 43.3 Å². The second kappa shape index (κ2) is 7.64. The fourth-order valence-corrected chi connectivity index (χ4v) is 2.23. The average molecular weight is 296 g/mol. The molecule has 0 radical (unpaired) electrons. The molecule has 2 N–H and O–H groups in total. The molecule has 0 fully saturated rings. The van der Waals surface area contributed by atoms with Crippen molar-refractivity contribution in [2.75, 3.05) is 10.6 Å². The molecular formula is C19H24N2O. The van der Waals surface area contributed by atoms with Gasteiger partial charge in [-0.1, -0.05) is 38.1 Å². The topological polar surface area (TPSA) is 41.1 Å². The number of benzene rings is 2. The minimum Gasteiger partial charge on any atom is -0.374 e. The summed E-state index contributed by atoms with van der Waals surface area (Å²) < 4.78 is 0. The number of rotatable bonds is 6. The Morgan fingerprint density at radius 1 is 0.864 bits per heavy atom. The van der Waals surface area contributed by atoms with Crippen LogP contribution in [0.1, 0.15) is 31.9 Å². The van der Waals surface area contributed by atoms with Gasteiger partial charge in [0.25, 0.3) is 0 Å². The third-order valence-corrected chi connectivity index (χ3v) is 3.77. The van der Waals surface area contributed by atoms with E-state index in [0.29, 0.717) is 0 Å². The lowest BCUT2D eigenvalue weighted by molar-refractivity contribution is -0.116. The van der Waals surface area contributed by atoms with Crippen LogP contribution in [0, 0.1) is 0 Å². The molecule has 3 heteroatoms. The molecular weight excluding hydrogens is 272 g/mol. The number of carbonyl (C=O) groups is 1. The van der Waals surface area contributed by atoms with Gasteiger partial charge < -0.3 is 10.6 Å². The largest absolute Gasteiger partial charge is 0.374 e. The minimum atomic E-state index is -0.293. The van der Waals surface area contributed by atoms with E-state index < -0.39 is 0 Å². The smallest absolute Gasteiger partial charge is 0.246 e. The summed E-state index contributed by atoms with van der Waals surface area (Å²) in [5.41, 5.74) is 4.34. The maximum Gasteiger partial charge on any atom is 0.246 e. The van der Waals surface area contributed by atoms with E-state index >= 15 is 0 Å². The van der Waals surface area contributed by atoms with Gasteiger partial charge in [0, 0.05) is 11.4 Å². The van der Waals surface area contributed by atoms with E-state index in [1.54, 1.807) is 0 Å². The number of anilines is 2. The Balaban J connectivity index is 1.92. The van der Waals surface area contributed by atoms with Crippen LogP contribution in [0.4, 0.5) is 11.4 Å². The summed E-state index contributed by atoms with van der Waals surface area (Å²) >= 11 is 0. The van der Waals surface area contributed by atoms with E-state index in [9.17, 15) is 4.79 Å². The molecule has 116 valence electrons. The first-order chi connectivity index (χ1) is 10.6. The summed E-state index contributed by atoms with van der Waals surface area (Å²) in [5.74, 6) is -0.0381. The van der Waals surface area contributed by atoms with Gasteiger partial charge in [-0.2, -0.15) is 0 Å². The summed E-state index contributed by atoms with van der Waals surface area (Å²) in [5, 5.41) is 6.16. The van der Waals surface area contributed by atoms with Gasteiger partial charge in [0.05, 0.1) is 0 Å². The van der Waals surface area contributed by atoms with E-state index in [0.717, 1.165) is 24.2 Å². The standard InChI is InChI=1S/C19H24N2O/c1-4-15-6-10-17(11-7-15)20-14(3)19(22)21-18-12-8-16(5-2)9-13-18/h6-14,20H,4-5H2,1-3H3,(H,21,22). The molecule has 0 bridgehead atoms. The predicted octanol–water partition coefficient (Wildman–Crippen LogP) is 4.25. The Bertz CT molecular complexity index is 602. The average Bonchev–Trinajstić information content (AvgIpc) is 2.56. The third-order valence-electron chi connectivity index (χ3n) is 3.77. The molecule has 0 aromatic heterocycles. The van der Waals surface area contributed by atoms with Crippen molar-refractivity contribution in [2.45, 2.75) is 39.7 Å². The number of nitrogens with one attached hydrogen (secondary N) is 2. The predicted molar refractivity (Wildman–Crippen MR) is 93.4 cm³/mol. The monoisotopic (exact) mass is 296 g/mol. The van der Waals surface area contributed by atoms with E-state index in [-0.39, 0.29) is 11.9 Å². The highest BCUT2D eigenvalue weighted by Gasteiger charge is 2.12. The quantitative estimate of drug-likeness (QED) is 0.836. The summed E-state index contributed by atoms with van der Waals surface area (Å²) in [6.07, 6.45) is 2.02. The second-order valence-corrected chi connectivity index (χ2v) is 5.46. The molecule has 1 atom stereocenters. The van der Waals surface area contributed by atoms with Crippen LogP contribution in [-0.2, 0) is 17.6 Å². The lowest BCUT2D eigenvalue weighted by Gasteiger charge is -2.15. The van der Waals surface area contributed by atoms with Crippen molar-refractivity contribution in [3.63, 3.8) is 0 Å². The van der Waals surface area contributed by atoms with Crippen molar-refractivity contribution in [3.8, 4) is 0 Å². The Hall–Kier alpha value is -2.29. The number of amides is 1. The van der Waals surface area contributed by atoms with Crippen molar-refractivity contribution >= 4 is 17.3 Å². The van der Waals surface area contributed by atoms with Crippen molar-refractivity contribution in [1.82, 2.24) is 0 Å². The van der Waals surface area contributed by atoms with Crippen LogP contribution in [0.25, 0.3) is 0 Å². The Morgan fingerprint density at radius 3 is 1.77 bits per heavy atom. The second-order valence-electron chi connectivity index (χ2n) is 5.46. The van der Waals surface area contributed by atoms with Crippen LogP contribution in [0.5, 0.6) is 0 Å². The molecule has 3 nitrogen and oxygen atoms in total. The first-order valence-electron chi connectivity index (χ1n) is 7.87. The molecule has 1 unspecified atom stereocenters. The van der Waals surface area contributed by atoms with Crippen molar-refractivity contribution < 1.29 is 4.79 Å². The van der Waals surface area contributed by atoms with Gasteiger partial charge in [-0.05, 0) is 55.2 Å². The van der Waals surface area contributed by atoms with Crippen molar-refractivity contribution in [1.29, 1.82) is 0 Å². The van der Waals surface area contributed by atoms with Crippen molar-refractivity contribution in [2.24, 2.45) is 0 Å². The molecule has 2 rings (SSSR count). The van der Waals surface area contributed by atoms with Gasteiger partial charge in [0.1, 0.15) is 6.04 Å². The molecule has 2 aromatic rings. The van der Waals surface area contributed by atoms with Gasteiger partial charge in [-0.15, -0.1) is 0 Å². The fraction of sp³-hybridized carbons (Fsp3) is 0.316. The summed E-state index contributed by atoms with van der Waals surface area (Å²) in [6, 6.07) is 15.9. The highest BCUT2D eigenvalue weighted by molar-refractivity contribution is 5.96. The molecule has 0 aliphatic rings. The first kappa shape index (κ1) is 16.1. The van der Waals surface area contributed by atoms with Crippen LogP contribution in [0.2, 0.25) is 0 Å². The van der Waals surface area contributed by atoms with Crippen LogP contribution in [0.15, 0.2) is 48.5 Å². The number of hydrogen-bond acceptors (Lipinski definition) is 2. The fourth-order valence-electron chi connectivity index (χ4n) is 2.23. The van der Waals surface area contributed by atoms with E-state index in [1.165, 1.54) is 11.1 Å². The SMILES string of the molecule is CCc1ccc(NC(=O)C(C)Nc2ccc(CC)cc2)cc1. The lowest BCUT2D eigenvalue weighted by atomic mass is 10.1. The molecule has 0 aliphatic heterocycles. The maximum absolute atomic E-state index is 12.2. The number of hydrogen-bond donors (Lipinski definition) is 2. The molecule has 0 spiro atoms. The zero-order chi connectivity index (χ0) is 15.9. The number of carbonyl (C=O) groups excluding carboxylic acids is 1. The van der Waals surface area contributed by atoms with Crippen LogP contribution >= 0.6 is 0 Å². The maximum atomic E-state index is 12.2. The molecule has 0 saturated heterocycles. The van der Waals surface area contributed by atoms with E-state index in [4.69, 9.17) is 0 Å². The lowest BCUT2D eigenvalue weighted by Crippen LogP contribution is -2.31. The zero-order valence-electron chi connectivity index (χ0n) is 13.5. The molecule has 22 heavy (non-hydrogen) atoms. The highest BCUT2D eigenvalue weighted by Crippen LogP contribution is 2.13. The number of aryl methyl sites for hydroxylation is 2. The van der Waals surface area contributed by atoms with Crippen LogP contribution in [0.3, 0.4) is 0 Å². The minimum absolute atomic E-state index is 0.0381. The Morgan fingerprint density at radius 2 is 1.32 bits per heavy atom. The summed E-state index contributed by atoms with van der Waals surface area (Å²) in [6.45, 7) is 6.11. The molecule has 0 saturated carbocycles. The zero-order valence-corrected chi connectivity index (χ0v) is 13.5. The summed E-state index contributed by atoms with van der Waals surface area (Å²) in [4.78, 5) is 12.2. The highest BCUT2D eigenvalue weighted by atomic mass is 16.2. The molecule has 1 amide bonds. The summed E-state index contributed by atoms with van der Waals surface area (Å²) in [7, 11) is 0. The van der Waals surface area contributed by atoms with Crippen molar-refractivity contribution in [3.05, 3.63) is 59.7 Å². The van der Waals surface area contributed by atoms with E-state index in [2.05, 4.69) is 36.6 Å². The Labute approximate surface area is 132 Å². The third kappa shape index (κ3) is 4.35. The van der Waals surface area contributed by atoms with Crippen LogP contribution in [-0.4, -0.2) is 11.9 Å². The van der Waals surface area contributed by atoms with Gasteiger partial charge in [-0.25, -0.2) is 0 Å². The molecule has 2 aromatic carbocycles. The van der Waals surface area contributed by atoms with Gasteiger partial charge >= 0.3 is 0 Å². The first-order valence-corrected chi connectivity index (χ1v) is 7.87. The normalized spacial score (nSPS) is 11.8. The van der Waals surface area contributed by atoms with Gasteiger partial charge in [0.15, 0.2) is 0 Å². The van der Waals surface area contributed by atoms with Crippen LogP contribution < -0.4 is 10.6 Å². The van der Waals surface area contributed by atoms with Gasteiger partial charge in [0.2, 0.25) is 5.91 Å². The Kier molecular flexibility index (Phi) is 5.59.